The van der Waals surface area contributed by atoms with Gasteiger partial charge in [0.1, 0.15) is 0 Å². The number of fused-ring (bicyclic) bond motifs is 2. The Bertz CT molecular complexity index is 1900. The van der Waals surface area contributed by atoms with E-state index in [9.17, 15) is 61.5 Å². The van der Waals surface area contributed by atoms with E-state index in [0.717, 1.165) is 59.5 Å². The predicted molar refractivity (Wildman–Crippen MR) is 143 cm³/mol. The third kappa shape index (κ3) is 5.70. The predicted octanol–water partition coefficient (Wildman–Crippen LogP) is 4.83. The number of hydrogen-bond donors (Lipinski definition) is 2. The van der Waals surface area contributed by atoms with Crippen LogP contribution < -0.4 is 10.6 Å². The lowest BCUT2D eigenvalue weighted by Crippen LogP contribution is -2.67. The van der Waals surface area contributed by atoms with E-state index in [1.807, 2.05) is 0 Å². The van der Waals surface area contributed by atoms with Gasteiger partial charge >= 0.3 is 35.5 Å². The number of sulfone groups is 2. The van der Waals surface area contributed by atoms with Gasteiger partial charge in [-0.05, 0) is 36.4 Å². The number of aromatic nitrogens is 2. The molecule has 0 fully saturated rings. The summed E-state index contributed by atoms with van der Waals surface area (Å²) >= 11 is 0.562. The molecule has 0 saturated heterocycles. The first-order valence-corrected chi connectivity index (χ1v) is 16.7. The van der Waals surface area contributed by atoms with Crippen LogP contribution >= 0.6 is 22.7 Å². The molecule has 2 N–H and O–H groups in total. The molecule has 0 aliphatic rings. The van der Waals surface area contributed by atoms with Gasteiger partial charge in [-0.3, -0.25) is 20.2 Å². The summed E-state index contributed by atoms with van der Waals surface area (Å²) in [7, 11) is -7.52. The Hall–Kier alpha value is -3.50. The molecule has 0 atom stereocenters. The molecule has 0 bridgehead atoms. The van der Waals surface area contributed by atoms with Crippen molar-refractivity contribution in [2.45, 2.75) is 33.5 Å². The van der Waals surface area contributed by atoms with Crippen LogP contribution in [0.4, 0.5) is 45.4 Å². The van der Waals surface area contributed by atoms with E-state index < -0.39 is 65.4 Å². The van der Waals surface area contributed by atoms with E-state index >= 15 is 0 Å². The van der Waals surface area contributed by atoms with Crippen LogP contribution in [0.3, 0.4) is 0 Å². The summed E-state index contributed by atoms with van der Waals surface area (Å²) in [6.45, 7) is 0. The Kier molecular flexibility index (Phi) is 8.01. The lowest BCUT2D eigenvalue weighted by molar-refractivity contribution is -0.345. The minimum Gasteiger partial charge on any atom is -0.296 e. The van der Waals surface area contributed by atoms with Crippen LogP contribution in [-0.2, 0) is 29.3 Å². The van der Waals surface area contributed by atoms with Gasteiger partial charge in [0.05, 0.1) is 30.2 Å². The molecule has 0 radical (unpaired) electrons. The van der Waals surface area contributed by atoms with Crippen molar-refractivity contribution in [1.29, 1.82) is 0 Å². The Morgan fingerprint density at radius 3 is 1.25 bits per heavy atom. The highest BCUT2D eigenvalue weighted by Gasteiger charge is 2.84. The molecule has 10 nitrogen and oxygen atoms in total. The van der Waals surface area contributed by atoms with Crippen molar-refractivity contribution < 1.29 is 61.5 Å². The van der Waals surface area contributed by atoms with E-state index in [4.69, 9.17) is 0 Å². The molecule has 0 spiro atoms. The maximum atomic E-state index is 14.5. The van der Waals surface area contributed by atoms with Gasteiger partial charge in [-0.1, -0.05) is 22.7 Å². The van der Waals surface area contributed by atoms with E-state index in [1.165, 1.54) is 0 Å². The van der Waals surface area contributed by atoms with Gasteiger partial charge in [0, 0.05) is 12.5 Å². The van der Waals surface area contributed by atoms with Gasteiger partial charge in [0.2, 0.25) is 0 Å². The molecule has 0 saturated carbocycles. The van der Waals surface area contributed by atoms with E-state index in [2.05, 4.69) is 9.97 Å². The van der Waals surface area contributed by atoms with Crippen molar-refractivity contribution >= 4 is 84.9 Å². The van der Waals surface area contributed by atoms with Crippen molar-refractivity contribution in [3.05, 3.63) is 36.4 Å². The van der Waals surface area contributed by atoms with Gasteiger partial charge in [0.15, 0.2) is 29.9 Å². The van der Waals surface area contributed by atoms with Crippen molar-refractivity contribution in [1.82, 2.24) is 9.97 Å². The molecule has 238 valence electrons. The second-order valence-corrected chi connectivity index (χ2v) is 15.1. The van der Waals surface area contributed by atoms with Crippen molar-refractivity contribution in [2.75, 3.05) is 23.1 Å². The van der Waals surface area contributed by atoms with Crippen LogP contribution in [0.5, 0.6) is 0 Å². The Labute approximate surface area is 248 Å². The molecule has 4 rings (SSSR count). The number of nitrogens with zero attached hydrogens (tertiary/aromatic N) is 2. The molecule has 0 unspecified atom stereocenters. The van der Waals surface area contributed by atoms with Crippen LogP contribution in [0.1, 0.15) is 0 Å². The first-order valence-electron chi connectivity index (χ1n) is 11.2. The van der Waals surface area contributed by atoms with Crippen LogP contribution in [0.25, 0.3) is 20.4 Å². The number of carbonyl (C=O) groups is 2. The molecule has 0 aliphatic carbocycles. The molecule has 44 heavy (non-hydrogen) atoms. The molecule has 2 amide bonds. The highest BCUT2D eigenvalue weighted by Crippen LogP contribution is 2.53. The molecule has 2 heterocycles. The normalized spacial score (nSPS) is 13.8. The first-order chi connectivity index (χ1) is 19.9. The smallest absolute Gasteiger partial charge is 0.296 e. The van der Waals surface area contributed by atoms with Crippen molar-refractivity contribution in [3.8, 4) is 0 Å². The van der Waals surface area contributed by atoms with Gasteiger partial charge < -0.3 is 0 Å². The fourth-order valence-electron chi connectivity index (χ4n) is 3.41. The fraction of sp³-hybridized carbons (Fsp3) is 0.273. The SMILES string of the molecule is CS(=O)(=O)c1ccc2nc(NC(=O)C(F)(F)C(F)(F)C(F)(F)C(F)(F)C(=O)Nc3nc4ccc(S(C)(=O)=O)cc4s3)sc2c1. The summed E-state index contributed by atoms with van der Waals surface area (Å²) in [6, 6.07) is 6.20. The number of rotatable bonds is 9. The third-order valence-corrected chi connectivity index (χ3v) is 9.86. The van der Waals surface area contributed by atoms with Gasteiger partial charge in [-0.25, -0.2) is 26.8 Å². The zero-order valence-corrected chi connectivity index (χ0v) is 24.7. The van der Waals surface area contributed by atoms with Gasteiger partial charge in [-0.15, -0.1) is 0 Å². The average molecular weight is 711 g/mol. The Morgan fingerprint density at radius 2 is 0.955 bits per heavy atom. The zero-order valence-electron chi connectivity index (χ0n) is 21.5. The minimum absolute atomic E-state index is 0.0609. The van der Waals surface area contributed by atoms with Crippen LogP contribution in [0, 0.1) is 0 Å². The second-order valence-electron chi connectivity index (χ2n) is 9.05. The molecule has 22 heteroatoms. The molecule has 2 aromatic heterocycles. The summed E-state index contributed by atoms with van der Waals surface area (Å²) in [4.78, 5) is 30.6. The minimum atomic E-state index is -7.18. The highest BCUT2D eigenvalue weighted by atomic mass is 32.2. The molecule has 2 aromatic carbocycles. The van der Waals surface area contributed by atoms with Crippen LogP contribution in [0.15, 0.2) is 46.2 Å². The summed E-state index contributed by atoms with van der Waals surface area (Å²) in [5.41, 5.74) is -0.243. The molecule has 0 aliphatic heterocycles. The standard InChI is InChI=1S/C22H14F8N4O6S4/c1-43(37,38)9-3-5-11-13(7-9)41-17(31-11)33-15(35)19(23,24)21(27,28)22(29,30)20(25,26)16(36)34-18-32-12-6-4-10(44(2,39)40)8-14(12)42-18/h3-8H,1-2H3,(H,31,33,35)(H,32,34,36). The first kappa shape index (κ1) is 33.4. The quantitative estimate of drug-likeness (QED) is 0.235. The number of benzene rings is 2. The maximum absolute atomic E-state index is 14.5. The van der Waals surface area contributed by atoms with Gasteiger partial charge in [-0.2, -0.15) is 35.1 Å². The lowest BCUT2D eigenvalue weighted by Gasteiger charge is -2.35. The van der Waals surface area contributed by atoms with E-state index in [-0.39, 0.29) is 52.9 Å². The largest absolute Gasteiger partial charge is 0.393 e. The monoisotopic (exact) mass is 710 g/mol. The molecular formula is C22H14F8N4O6S4. The highest BCUT2D eigenvalue weighted by molar-refractivity contribution is 7.91. The second kappa shape index (κ2) is 10.5. The number of thiazole rings is 2. The van der Waals surface area contributed by atoms with Crippen molar-refractivity contribution in [2.24, 2.45) is 0 Å². The number of amides is 2. The summed E-state index contributed by atoms with van der Waals surface area (Å²) < 4.78 is 162. The molecule has 4 aromatic rings. The van der Waals surface area contributed by atoms with Crippen LogP contribution in [0.2, 0.25) is 0 Å². The zero-order chi connectivity index (χ0) is 33.3. The van der Waals surface area contributed by atoms with Crippen molar-refractivity contribution in [3.63, 3.8) is 0 Å². The summed E-state index contributed by atoms with van der Waals surface area (Å²) in [6.07, 6.45) is 1.65. The maximum Gasteiger partial charge on any atom is 0.393 e. The summed E-state index contributed by atoms with van der Waals surface area (Å²) in [5.74, 6) is -33.9. The number of halogens is 8. The molecular weight excluding hydrogens is 697 g/mol. The number of carbonyl (C=O) groups excluding carboxylic acids is 2. The van der Waals surface area contributed by atoms with E-state index in [1.54, 1.807) is 0 Å². The lowest BCUT2D eigenvalue weighted by atomic mass is 9.97. The third-order valence-electron chi connectivity index (χ3n) is 5.77. The Balaban J connectivity index is 1.57. The Morgan fingerprint density at radius 1 is 0.636 bits per heavy atom. The number of hydrogen-bond acceptors (Lipinski definition) is 10. The summed E-state index contributed by atoms with van der Waals surface area (Å²) in [5, 5.41) is 0.446. The number of alkyl halides is 8. The number of anilines is 2. The topological polar surface area (TPSA) is 152 Å². The van der Waals surface area contributed by atoms with Gasteiger partial charge in [0.25, 0.3) is 0 Å². The number of nitrogens with one attached hydrogen (secondary N) is 2. The van der Waals surface area contributed by atoms with E-state index in [0.29, 0.717) is 0 Å². The average Bonchev–Trinajstić information content (AvgIpc) is 3.48. The van der Waals surface area contributed by atoms with Crippen LogP contribution in [-0.4, -0.2) is 74.8 Å². The fourth-order valence-corrected chi connectivity index (χ4v) is 6.65.